The van der Waals surface area contributed by atoms with Crippen LogP contribution >= 0.6 is 12.4 Å². The first-order chi connectivity index (χ1) is 6.33. The van der Waals surface area contributed by atoms with Crippen LogP contribution in [-0.4, -0.2) is 30.6 Å². The third-order valence-electron chi connectivity index (χ3n) is 4.20. The molecule has 1 aliphatic heterocycles. The molecule has 1 heterocycles. The van der Waals surface area contributed by atoms with Gasteiger partial charge in [-0.3, -0.25) is 0 Å². The summed E-state index contributed by atoms with van der Waals surface area (Å²) in [4.78, 5) is 2.67. The van der Waals surface area contributed by atoms with Gasteiger partial charge in [-0.2, -0.15) is 0 Å². The van der Waals surface area contributed by atoms with Gasteiger partial charge in [-0.05, 0) is 43.4 Å². The lowest BCUT2D eigenvalue weighted by Crippen LogP contribution is -2.31. The summed E-state index contributed by atoms with van der Waals surface area (Å²) >= 11 is 0. The van der Waals surface area contributed by atoms with Gasteiger partial charge in [0, 0.05) is 25.7 Å². The van der Waals surface area contributed by atoms with Gasteiger partial charge in [-0.15, -0.1) is 12.4 Å². The third-order valence-corrected chi connectivity index (χ3v) is 4.20. The zero-order chi connectivity index (χ0) is 8.84. The second kappa shape index (κ2) is 3.99. The highest BCUT2D eigenvalue weighted by atomic mass is 35.5. The molecular formula is C11H21ClN2. The molecule has 3 atom stereocenters. The fourth-order valence-corrected chi connectivity index (χ4v) is 3.21. The quantitative estimate of drug-likeness (QED) is 0.758. The Morgan fingerprint density at radius 1 is 1.07 bits per heavy atom. The van der Waals surface area contributed by atoms with Gasteiger partial charge in [-0.25, -0.2) is 0 Å². The summed E-state index contributed by atoms with van der Waals surface area (Å²) in [7, 11) is 0. The fourth-order valence-electron chi connectivity index (χ4n) is 3.21. The number of nitrogens with zero attached hydrogens (tertiary/aromatic N) is 1. The van der Waals surface area contributed by atoms with Gasteiger partial charge in [0.2, 0.25) is 0 Å². The largest absolute Gasteiger partial charge is 0.327 e. The lowest BCUT2D eigenvalue weighted by atomic mass is 9.98. The van der Waals surface area contributed by atoms with Gasteiger partial charge in [0.25, 0.3) is 0 Å². The van der Waals surface area contributed by atoms with Crippen molar-refractivity contribution in [3.8, 4) is 0 Å². The van der Waals surface area contributed by atoms with Crippen molar-refractivity contribution in [3.05, 3.63) is 0 Å². The molecule has 0 bridgehead atoms. The van der Waals surface area contributed by atoms with E-state index in [1.807, 2.05) is 0 Å². The molecule has 14 heavy (non-hydrogen) atoms. The summed E-state index contributed by atoms with van der Waals surface area (Å²) in [6, 6.07) is 0.522. The zero-order valence-corrected chi connectivity index (χ0v) is 9.51. The topological polar surface area (TPSA) is 29.3 Å². The molecule has 1 saturated heterocycles. The second-order valence-electron chi connectivity index (χ2n) is 5.33. The van der Waals surface area contributed by atoms with Crippen LogP contribution in [0.1, 0.15) is 25.7 Å². The number of rotatable bonds is 2. The summed E-state index contributed by atoms with van der Waals surface area (Å²) in [5.74, 6) is 2.85. The van der Waals surface area contributed by atoms with Crippen LogP contribution in [0, 0.1) is 17.8 Å². The molecule has 3 heteroatoms. The summed E-state index contributed by atoms with van der Waals surface area (Å²) in [5.41, 5.74) is 6.10. The van der Waals surface area contributed by atoms with Gasteiger partial charge < -0.3 is 10.6 Å². The van der Waals surface area contributed by atoms with Crippen molar-refractivity contribution in [1.29, 1.82) is 0 Å². The lowest BCUT2D eigenvalue weighted by Gasteiger charge is -2.17. The minimum Gasteiger partial charge on any atom is -0.327 e. The maximum Gasteiger partial charge on any atom is 0.00826 e. The maximum absolute atomic E-state index is 6.10. The Balaban J connectivity index is 0.000000750. The number of hydrogen-bond donors (Lipinski definition) is 1. The first-order valence-corrected chi connectivity index (χ1v) is 5.81. The van der Waals surface area contributed by atoms with Gasteiger partial charge in [0.05, 0.1) is 0 Å². The van der Waals surface area contributed by atoms with E-state index in [0.29, 0.717) is 6.04 Å². The number of likely N-dealkylation sites (tertiary alicyclic amines) is 1. The molecule has 82 valence electrons. The molecule has 1 unspecified atom stereocenters. The minimum atomic E-state index is 0. The molecule has 0 radical (unpaired) electrons. The Bertz CT molecular complexity index is 205. The maximum atomic E-state index is 6.10. The fraction of sp³-hybridized carbons (Fsp3) is 1.00. The molecule has 0 aromatic rings. The Kier molecular flexibility index (Phi) is 3.06. The molecular weight excluding hydrogens is 196 g/mol. The number of halogens is 1. The standard InChI is InChI=1S/C11H20N2.ClH/c12-11-4-3-9-6-13(7-10(9)11)5-8-1-2-8;/h8-11H,1-7,12H2;1H/t9-,10+,11?;/m0./s1. The molecule has 2 aliphatic carbocycles. The van der Waals surface area contributed by atoms with Crippen molar-refractivity contribution in [2.45, 2.75) is 31.7 Å². The molecule has 3 fully saturated rings. The van der Waals surface area contributed by atoms with Crippen LogP contribution in [0.25, 0.3) is 0 Å². The number of fused-ring (bicyclic) bond motifs is 1. The van der Waals surface area contributed by atoms with E-state index < -0.39 is 0 Å². The van der Waals surface area contributed by atoms with Gasteiger partial charge in [0.1, 0.15) is 0 Å². The van der Waals surface area contributed by atoms with Crippen molar-refractivity contribution in [2.75, 3.05) is 19.6 Å². The second-order valence-corrected chi connectivity index (χ2v) is 5.33. The highest BCUT2D eigenvalue weighted by molar-refractivity contribution is 5.85. The third kappa shape index (κ3) is 1.93. The first-order valence-electron chi connectivity index (χ1n) is 5.81. The normalized spacial score (nSPS) is 42.2. The van der Waals surface area contributed by atoms with E-state index in [1.54, 1.807) is 0 Å². The molecule has 0 aromatic carbocycles. The van der Waals surface area contributed by atoms with Crippen molar-refractivity contribution < 1.29 is 0 Å². The predicted molar refractivity (Wildman–Crippen MR) is 60.6 cm³/mol. The van der Waals surface area contributed by atoms with E-state index in [0.717, 1.165) is 17.8 Å². The number of hydrogen-bond acceptors (Lipinski definition) is 2. The van der Waals surface area contributed by atoms with E-state index in [1.165, 1.54) is 45.3 Å². The number of nitrogens with two attached hydrogens (primary N) is 1. The summed E-state index contributed by atoms with van der Waals surface area (Å²) in [6.07, 6.45) is 5.65. The van der Waals surface area contributed by atoms with Crippen LogP contribution in [-0.2, 0) is 0 Å². The summed E-state index contributed by atoms with van der Waals surface area (Å²) < 4.78 is 0. The van der Waals surface area contributed by atoms with Gasteiger partial charge >= 0.3 is 0 Å². The van der Waals surface area contributed by atoms with Gasteiger partial charge in [0.15, 0.2) is 0 Å². The zero-order valence-electron chi connectivity index (χ0n) is 8.69. The molecule has 0 spiro atoms. The van der Waals surface area contributed by atoms with E-state index in [2.05, 4.69) is 4.90 Å². The smallest absolute Gasteiger partial charge is 0.00826 e. The van der Waals surface area contributed by atoms with Crippen LogP contribution in [0.3, 0.4) is 0 Å². The van der Waals surface area contributed by atoms with Gasteiger partial charge in [-0.1, -0.05) is 0 Å². The predicted octanol–water partition coefficient (Wildman–Crippen LogP) is 1.49. The average Bonchev–Trinajstić information content (AvgIpc) is 2.71. The highest BCUT2D eigenvalue weighted by Crippen LogP contribution is 2.39. The van der Waals surface area contributed by atoms with E-state index in [9.17, 15) is 0 Å². The monoisotopic (exact) mass is 216 g/mol. The Morgan fingerprint density at radius 2 is 1.86 bits per heavy atom. The highest BCUT2D eigenvalue weighted by Gasteiger charge is 2.41. The SMILES string of the molecule is Cl.NC1CC[C@H]2CN(CC3CC3)C[C@@H]12. The summed E-state index contributed by atoms with van der Waals surface area (Å²) in [5, 5.41) is 0. The van der Waals surface area contributed by atoms with E-state index in [4.69, 9.17) is 5.73 Å². The van der Waals surface area contributed by atoms with E-state index >= 15 is 0 Å². The van der Waals surface area contributed by atoms with Crippen LogP contribution in [0.15, 0.2) is 0 Å². The molecule has 2 saturated carbocycles. The first kappa shape index (κ1) is 10.7. The molecule has 3 rings (SSSR count). The van der Waals surface area contributed by atoms with Crippen molar-refractivity contribution in [3.63, 3.8) is 0 Å². The minimum absolute atomic E-state index is 0. The van der Waals surface area contributed by atoms with Crippen LogP contribution in [0.2, 0.25) is 0 Å². The molecule has 0 amide bonds. The molecule has 2 N–H and O–H groups in total. The van der Waals surface area contributed by atoms with Crippen molar-refractivity contribution >= 4 is 12.4 Å². The Morgan fingerprint density at radius 3 is 2.50 bits per heavy atom. The van der Waals surface area contributed by atoms with Crippen LogP contribution < -0.4 is 5.73 Å². The molecule has 3 aliphatic rings. The van der Waals surface area contributed by atoms with E-state index in [-0.39, 0.29) is 12.4 Å². The van der Waals surface area contributed by atoms with Crippen molar-refractivity contribution in [2.24, 2.45) is 23.5 Å². The van der Waals surface area contributed by atoms with Crippen molar-refractivity contribution in [1.82, 2.24) is 4.90 Å². The van der Waals surface area contributed by atoms with Crippen LogP contribution in [0.5, 0.6) is 0 Å². The average molecular weight is 217 g/mol. The lowest BCUT2D eigenvalue weighted by molar-refractivity contribution is 0.294. The Labute approximate surface area is 92.6 Å². The molecule has 2 nitrogen and oxygen atoms in total. The van der Waals surface area contributed by atoms with Crippen LogP contribution in [0.4, 0.5) is 0 Å². The molecule has 0 aromatic heterocycles. The summed E-state index contributed by atoms with van der Waals surface area (Å²) in [6.45, 7) is 4.04. The Hall–Kier alpha value is 0.210.